The van der Waals surface area contributed by atoms with Crippen LogP contribution < -0.4 is 0 Å². The average molecular weight is 235 g/mol. The molecular formula is C13H13ClNO. The molecule has 0 aliphatic carbocycles. The molecule has 0 saturated carbocycles. The molecule has 1 radical (unpaired) electrons. The third-order valence-electron chi connectivity index (χ3n) is 2.40. The van der Waals surface area contributed by atoms with Gasteiger partial charge in [-0.25, -0.2) is 4.98 Å². The van der Waals surface area contributed by atoms with Gasteiger partial charge in [-0.1, -0.05) is 18.5 Å². The molecule has 0 aliphatic heterocycles. The number of oxazole rings is 1. The van der Waals surface area contributed by atoms with E-state index in [1.807, 2.05) is 31.2 Å². The minimum Gasteiger partial charge on any atom is -0.441 e. The lowest BCUT2D eigenvalue weighted by Gasteiger charge is -1.94. The normalized spacial score (nSPS) is 10.7. The second-order valence-corrected chi connectivity index (χ2v) is 4.07. The van der Waals surface area contributed by atoms with Crippen LogP contribution in [0.2, 0.25) is 5.02 Å². The molecule has 16 heavy (non-hydrogen) atoms. The third kappa shape index (κ3) is 2.27. The fourth-order valence-electron chi connectivity index (χ4n) is 1.54. The van der Waals surface area contributed by atoms with Crippen molar-refractivity contribution in [1.82, 2.24) is 4.98 Å². The van der Waals surface area contributed by atoms with Crippen molar-refractivity contribution in [3.8, 4) is 11.5 Å². The molecule has 2 nitrogen and oxygen atoms in total. The highest BCUT2D eigenvalue weighted by atomic mass is 35.5. The van der Waals surface area contributed by atoms with Crippen LogP contribution in [0.25, 0.3) is 11.5 Å². The highest BCUT2D eigenvalue weighted by Gasteiger charge is 2.10. The van der Waals surface area contributed by atoms with E-state index in [1.54, 1.807) is 0 Å². The Hall–Kier alpha value is -1.28. The number of hydrogen-bond donors (Lipinski definition) is 0. The van der Waals surface area contributed by atoms with E-state index in [-0.39, 0.29) is 0 Å². The Morgan fingerprint density at radius 2 is 2.00 bits per heavy atom. The van der Waals surface area contributed by atoms with Crippen molar-refractivity contribution >= 4 is 11.6 Å². The highest BCUT2D eigenvalue weighted by Crippen LogP contribution is 2.23. The third-order valence-corrected chi connectivity index (χ3v) is 2.65. The molecule has 1 aromatic carbocycles. The molecule has 0 amide bonds. The van der Waals surface area contributed by atoms with Crippen LogP contribution in [0.5, 0.6) is 0 Å². The molecular weight excluding hydrogens is 222 g/mol. The molecule has 0 bridgehead atoms. The predicted molar refractivity (Wildman–Crippen MR) is 65.4 cm³/mol. The van der Waals surface area contributed by atoms with Gasteiger partial charge in [0.1, 0.15) is 5.76 Å². The van der Waals surface area contributed by atoms with Crippen molar-refractivity contribution in [3.05, 3.63) is 47.7 Å². The van der Waals surface area contributed by atoms with Crippen molar-refractivity contribution < 1.29 is 4.42 Å². The van der Waals surface area contributed by atoms with E-state index < -0.39 is 0 Å². The van der Waals surface area contributed by atoms with Crippen molar-refractivity contribution in [1.29, 1.82) is 0 Å². The van der Waals surface area contributed by atoms with Crippen LogP contribution in [0.1, 0.15) is 17.9 Å². The second-order valence-electron chi connectivity index (χ2n) is 3.63. The number of aromatic nitrogens is 1. The van der Waals surface area contributed by atoms with Gasteiger partial charge in [0, 0.05) is 10.6 Å². The standard InChI is InChI=1S/C13H13ClNO/c1-3-4-12-9(2)16-13(15-12)10-5-7-11(14)8-6-10/h5-8H,1,3-4H2,2H3. The van der Waals surface area contributed by atoms with Crippen LogP contribution in [0.15, 0.2) is 28.7 Å². The predicted octanol–water partition coefficient (Wildman–Crippen LogP) is 4.07. The van der Waals surface area contributed by atoms with Crippen LogP contribution in [0.4, 0.5) is 0 Å². The zero-order chi connectivity index (χ0) is 11.5. The molecule has 0 atom stereocenters. The average Bonchev–Trinajstić information content (AvgIpc) is 2.62. The van der Waals surface area contributed by atoms with Crippen molar-refractivity contribution in [2.24, 2.45) is 0 Å². The molecule has 83 valence electrons. The maximum atomic E-state index is 5.83. The van der Waals surface area contributed by atoms with E-state index in [1.165, 1.54) is 0 Å². The Morgan fingerprint density at radius 1 is 1.31 bits per heavy atom. The molecule has 0 N–H and O–H groups in total. The number of rotatable bonds is 3. The lowest BCUT2D eigenvalue weighted by Crippen LogP contribution is -1.85. The van der Waals surface area contributed by atoms with Crippen molar-refractivity contribution in [2.75, 3.05) is 0 Å². The fourth-order valence-corrected chi connectivity index (χ4v) is 1.67. The number of aryl methyl sites for hydroxylation is 2. The lowest BCUT2D eigenvalue weighted by molar-refractivity contribution is 0.539. The summed E-state index contributed by atoms with van der Waals surface area (Å²) in [6.45, 7) is 5.74. The Bertz CT molecular complexity index is 473. The monoisotopic (exact) mass is 234 g/mol. The quantitative estimate of drug-likeness (QED) is 0.800. The van der Waals surface area contributed by atoms with Gasteiger partial charge in [-0.15, -0.1) is 0 Å². The maximum absolute atomic E-state index is 5.83. The first-order chi connectivity index (χ1) is 7.70. The summed E-state index contributed by atoms with van der Waals surface area (Å²) in [5, 5.41) is 0.713. The van der Waals surface area contributed by atoms with E-state index in [4.69, 9.17) is 16.0 Å². The van der Waals surface area contributed by atoms with Crippen LogP contribution in [0, 0.1) is 13.8 Å². The molecule has 0 saturated heterocycles. The topological polar surface area (TPSA) is 26.0 Å². The van der Waals surface area contributed by atoms with E-state index in [2.05, 4.69) is 11.9 Å². The maximum Gasteiger partial charge on any atom is 0.226 e. The Balaban J connectivity index is 2.33. The van der Waals surface area contributed by atoms with E-state index in [0.717, 1.165) is 29.9 Å². The van der Waals surface area contributed by atoms with Crippen LogP contribution >= 0.6 is 11.6 Å². The van der Waals surface area contributed by atoms with Gasteiger partial charge in [0.15, 0.2) is 0 Å². The molecule has 1 heterocycles. The summed E-state index contributed by atoms with van der Waals surface area (Å²) in [5.41, 5.74) is 1.93. The van der Waals surface area contributed by atoms with Gasteiger partial charge < -0.3 is 4.42 Å². The largest absolute Gasteiger partial charge is 0.441 e. The summed E-state index contributed by atoms with van der Waals surface area (Å²) in [5.74, 6) is 1.52. The number of benzene rings is 1. The summed E-state index contributed by atoms with van der Waals surface area (Å²) < 4.78 is 5.61. The van der Waals surface area contributed by atoms with Crippen molar-refractivity contribution in [2.45, 2.75) is 19.8 Å². The van der Waals surface area contributed by atoms with Gasteiger partial charge in [-0.05, 0) is 44.0 Å². The SMILES string of the molecule is [CH2]CCc1nc(-c2ccc(Cl)cc2)oc1C. The first-order valence-electron chi connectivity index (χ1n) is 5.22. The van der Waals surface area contributed by atoms with E-state index in [0.29, 0.717) is 10.9 Å². The summed E-state index contributed by atoms with van der Waals surface area (Å²) in [6, 6.07) is 7.47. The first kappa shape index (κ1) is 11.2. The molecule has 0 fully saturated rings. The van der Waals surface area contributed by atoms with Crippen LogP contribution in [-0.2, 0) is 6.42 Å². The number of halogens is 1. The number of nitrogens with zero attached hydrogens (tertiary/aromatic N) is 1. The van der Waals surface area contributed by atoms with Gasteiger partial charge in [0.2, 0.25) is 5.89 Å². The first-order valence-corrected chi connectivity index (χ1v) is 5.60. The highest BCUT2D eigenvalue weighted by molar-refractivity contribution is 6.30. The Morgan fingerprint density at radius 3 is 2.62 bits per heavy atom. The number of hydrogen-bond acceptors (Lipinski definition) is 2. The summed E-state index contributed by atoms with van der Waals surface area (Å²) in [6.07, 6.45) is 1.68. The second kappa shape index (κ2) is 4.71. The fraction of sp³-hybridized carbons (Fsp3) is 0.231. The molecule has 2 aromatic rings. The van der Waals surface area contributed by atoms with Crippen molar-refractivity contribution in [3.63, 3.8) is 0 Å². The Kier molecular flexibility index (Phi) is 3.30. The minimum atomic E-state index is 0.651. The molecule has 0 unspecified atom stereocenters. The molecule has 0 aliphatic rings. The van der Waals surface area contributed by atoms with Crippen LogP contribution in [-0.4, -0.2) is 4.98 Å². The van der Waals surface area contributed by atoms with Gasteiger partial charge in [0.25, 0.3) is 0 Å². The summed E-state index contributed by atoms with van der Waals surface area (Å²) >= 11 is 5.83. The minimum absolute atomic E-state index is 0.651. The molecule has 1 aromatic heterocycles. The van der Waals surface area contributed by atoms with Gasteiger partial charge in [-0.2, -0.15) is 0 Å². The summed E-state index contributed by atoms with van der Waals surface area (Å²) in [4.78, 5) is 4.45. The summed E-state index contributed by atoms with van der Waals surface area (Å²) in [7, 11) is 0. The zero-order valence-corrected chi connectivity index (χ0v) is 9.92. The zero-order valence-electron chi connectivity index (χ0n) is 9.16. The van der Waals surface area contributed by atoms with E-state index >= 15 is 0 Å². The molecule has 2 rings (SSSR count). The van der Waals surface area contributed by atoms with Gasteiger partial charge in [-0.3, -0.25) is 0 Å². The van der Waals surface area contributed by atoms with Crippen LogP contribution in [0.3, 0.4) is 0 Å². The lowest BCUT2D eigenvalue weighted by atomic mass is 10.2. The molecule has 0 spiro atoms. The van der Waals surface area contributed by atoms with E-state index in [9.17, 15) is 0 Å². The molecule has 3 heteroatoms. The van der Waals surface area contributed by atoms with Gasteiger partial charge >= 0.3 is 0 Å². The Labute approximate surface area is 100 Å². The smallest absolute Gasteiger partial charge is 0.226 e. The van der Waals surface area contributed by atoms with Gasteiger partial charge in [0.05, 0.1) is 5.69 Å².